The summed E-state index contributed by atoms with van der Waals surface area (Å²) in [6, 6.07) is 4.53. The molecule has 0 aliphatic carbocycles. The van der Waals surface area contributed by atoms with Crippen molar-refractivity contribution in [1.82, 2.24) is 10.3 Å². The van der Waals surface area contributed by atoms with E-state index in [1.807, 2.05) is 24.4 Å². The van der Waals surface area contributed by atoms with Gasteiger partial charge in [0.2, 0.25) is 0 Å². The minimum absolute atomic E-state index is 0.265. The number of nitrogens with one attached hydrogen (secondary N) is 1. The molecule has 9 heteroatoms. The molecule has 0 radical (unpaired) electrons. The maximum Gasteiger partial charge on any atom is 0.329 e. The Kier molecular flexibility index (Phi) is 4.72. The van der Waals surface area contributed by atoms with E-state index < -0.39 is 17.3 Å². The molecule has 0 bridgehead atoms. The Bertz CT molecular complexity index is 1240. The molecular weight excluding hydrogens is 442 g/mol. The molecule has 2 aliphatic rings. The molecule has 0 saturated carbocycles. The minimum Gasteiger partial charge on any atom is -0.497 e. The molecular formula is C21H16ClN3O3S2. The Balaban J connectivity index is 1.51. The molecule has 1 fully saturated rings. The van der Waals surface area contributed by atoms with Gasteiger partial charge >= 0.3 is 6.03 Å². The van der Waals surface area contributed by atoms with Gasteiger partial charge in [-0.05, 0) is 42.1 Å². The third-order valence-corrected chi connectivity index (χ3v) is 7.92. The first-order chi connectivity index (χ1) is 14.5. The number of thiophene rings is 1. The van der Waals surface area contributed by atoms with E-state index in [1.165, 1.54) is 16.7 Å². The maximum absolute atomic E-state index is 13.4. The number of halogens is 1. The predicted molar refractivity (Wildman–Crippen MR) is 122 cm³/mol. The van der Waals surface area contributed by atoms with Crippen LogP contribution in [-0.4, -0.2) is 35.3 Å². The fourth-order valence-electron chi connectivity index (χ4n) is 3.75. The van der Waals surface area contributed by atoms with E-state index in [4.69, 9.17) is 16.3 Å². The number of rotatable bonds is 3. The Hall–Kier alpha value is -2.55. The summed E-state index contributed by atoms with van der Waals surface area (Å²) < 4.78 is 6.24. The molecule has 0 spiro atoms. The minimum atomic E-state index is -0.478. The normalized spacial score (nSPS) is 20.9. The van der Waals surface area contributed by atoms with Gasteiger partial charge in [0.1, 0.15) is 11.0 Å². The molecule has 30 heavy (non-hydrogen) atoms. The van der Waals surface area contributed by atoms with Crippen molar-refractivity contribution in [3.05, 3.63) is 58.2 Å². The summed E-state index contributed by atoms with van der Waals surface area (Å²) in [7, 11) is 1.59. The van der Waals surface area contributed by atoms with E-state index >= 15 is 0 Å². The molecule has 2 atom stereocenters. The first kappa shape index (κ1) is 19.4. The highest BCUT2D eigenvalue weighted by Crippen LogP contribution is 2.45. The van der Waals surface area contributed by atoms with Gasteiger partial charge in [-0.25, -0.2) is 9.69 Å². The molecule has 3 aromatic rings. The van der Waals surface area contributed by atoms with Crippen molar-refractivity contribution in [3.8, 4) is 5.75 Å². The van der Waals surface area contributed by atoms with E-state index in [0.29, 0.717) is 16.5 Å². The van der Waals surface area contributed by atoms with Crippen LogP contribution in [0.4, 0.5) is 10.5 Å². The molecule has 4 heterocycles. The van der Waals surface area contributed by atoms with E-state index in [9.17, 15) is 9.59 Å². The van der Waals surface area contributed by atoms with Gasteiger partial charge in [0.05, 0.1) is 29.7 Å². The Morgan fingerprint density at radius 3 is 2.90 bits per heavy atom. The molecule has 2 aliphatic heterocycles. The number of urea groups is 1. The zero-order valence-corrected chi connectivity index (χ0v) is 18.4. The molecule has 3 amide bonds. The van der Waals surface area contributed by atoms with Crippen molar-refractivity contribution in [2.75, 3.05) is 12.0 Å². The van der Waals surface area contributed by atoms with Crippen LogP contribution < -0.4 is 15.0 Å². The Morgan fingerprint density at radius 1 is 1.27 bits per heavy atom. The van der Waals surface area contributed by atoms with Crippen LogP contribution >= 0.6 is 34.7 Å². The van der Waals surface area contributed by atoms with Gasteiger partial charge in [0.25, 0.3) is 5.91 Å². The van der Waals surface area contributed by atoms with Gasteiger partial charge in [-0.1, -0.05) is 11.6 Å². The molecule has 5 rings (SSSR count). The molecule has 6 nitrogen and oxygen atoms in total. The first-order valence-corrected chi connectivity index (χ1v) is 11.3. The summed E-state index contributed by atoms with van der Waals surface area (Å²) >= 11 is 9.33. The Labute approximate surface area is 185 Å². The number of aromatic nitrogens is 1. The van der Waals surface area contributed by atoms with Crippen LogP contribution in [0.1, 0.15) is 11.1 Å². The summed E-state index contributed by atoms with van der Waals surface area (Å²) in [6.07, 6.45) is 5.21. The van der Waals surface area contributed by atoms with Crippen LogP contribution in [-0.2, 0) is 4.79 Å². The number of pyridine rings is 1. The fourth-order valence-corrected chi connectivity index (χ4v) is 6.25. The number of imide groups is 1. The average Bonchev–Trinajstić information content (AvgIpc) is 3.33. The van der Waals surface area contributed by atoms with Crippen LogP contribution in [0.5, 0.6) is 5.75 Å². The number of amides is 3. The van der Waals surface area contributed by atoms with Crippen molar-refractivity contribution >= 4 is 67.3 Å². The molecule has 1 aromatic carbocycles. The van der Waals surface area contributed by atoms with Crippen molar-refractivity contribution < 1.29 is 14.3 Å². The van der Waals surface area contributed by atoms with Crippen LogP contribution in [0.25, 0.3) is 15.0 Å². The van der Waals surface area contributed by atoms with Crippen molar-refractivity contribution in [2.45, 2.75) is 18.2 Å². The van der Waals surface area contributed by atoms with Crippen molar-refractivity contribution in [3.63, 3.8) is 0 Å². The highest BCUT2D eigenvalue weighted by molar-refractivity contribution is 8.09. The molecule has 2 unspecified atom stereocenters. The van der Waals surface area contributed by atoms with Crippen LogP contribution in [0.15, 0.2) is 42.0 Å². The van der Waals surface area contributed by atoms with E-state index in [1.54, 1.807) is 43.0 Å². The maximum atomic E-state index is 13.4. The number of nitrogens with zero attached hydrogens (tertiary/aromatic N) is 2. The summed E-state index contributed by atoms with van der Waals surface area (Å²) in [6.45, 7) is 1.96. The second-order valence-corrected chi connectivity index (χ2v) is 9.52. The standard InChI is InChI=1S/C21H16ClN3O3S2/c1-10-9-29-17-8-23-7-15(18(10)17)25-20(26)19-14(24-21(25)27)6-16(30-19)12-5-11(28-2)3-4-13(12)22/h3-9,14,19H,1-2H3,(H,24,27). The average molecular weight is 458 g/mol. The number of hydrogen-bond donors (Lipinski definition) is 1. The molecule has 2 aromatic heterocycles. The number of carbonyl (C=O) groups is 2. The van der Waals surface area contributed by atoms with Gasteiger partial charge in [-0.3, -0.25) is 9.78 Å². The summed E-state index contributed by atoms with van der Waals surface area (Å²) in [5.74, 6) is 0.410. The lowest BCUT2D eigenvalue weighted by Gasteiger charge is -2.33. The van der Waals surface area contributed by atoms with Gasteiger partial charge < -0.3 is 10.1 Å². The number of methoxy groups -OCH3 is 1. The van der Waals surface area contributed by atoms with Crippen LogP contribution in [0, 0.1) is 6.92 Å². The topological polar surface area (TPSA) is 71.5 Å². The number of ether oxygens (including phenoxy) is 1. The number of thioether (sulfide) groups is 1. The lowest BCUT2D eigenvalue weighted by molar-refractivity contribution is -0.118. The molecule has 1 saturated heterocycles. The SMILES string of the molecule is COc1ccc(Cl)c(C2=CC3NC(=O)N(c4cncc5scc(C)c45)C(=O)C3S2)c1. The third kappa shape index (κ3) is 2.98. The summed E-state index contributed by atoms with van der Waals surface area (Å²) in [5.41, 5.74) is 2.30. The van der Waals surface area contributed by atoms with Crippen LogP contribution in [0.3, 0.4) is 0 Å². The van der Waals surface area contributed by atoms with E-state index in [2.05, 4.69) is 10.3 Å². The van der Waals surface area contributed by atoms with Gasteiger partial charge in [0, 0.05) is 27.1 Å². The van der Waals surface area contributed by atoms with Crippen molar-refractivity contribution in [1.29, 1.82) is 0 Å². The third-order valence-electron chi connectivity index (χ3n) is 5.20. The summed E-state index contributed by atoms with van der Waals surface area (Å²) in [4.78, 5) is 32.6. The number of aryl methyl sites for hydroxylation is 1. The zero-order valence-electron chi connectivity index (χ0n) is 16.0. The Morgan fingerprint density at radius 2 is 2.10 bits per heavy atom. The molecule has 152 valence electrons. The van der Waals surface area contributed by atoms with E-state index in [0.717, 1.165) is 26.1 Å². The van der Waals surface area contributed by atoms with Gasteiger partial charge in [-0.2, -0.15) is 0 Å². The summed E-state index contributed by atoms with van der Waals surface area (Å²) in [5, 5.41) is 5.91. The first-order valence-electron chi connectivity index (χ1n) is 9.16. The van der Waals surface area contributed by atoms with Crippen molar-refractivity contribution in [2.24, 2.45) is 0 Å². The zero-order chi connectivity index (χ0) is 21.0. The number of carbonyl (C=O) groups excluding carboxylic acids is 2. The number of anilines is 1. The van der Waals surface area contributed by atoms with Gasteiger partial charge in [0.15, 0.2) is 0 Å². The smallest absolute Gasteiger partial charge is 0.329 e. The molecule has 1 N–H and O–H groups in total. The highest BCUT2D eigenvalue weighted by Gasteiger charge is 2.46. The quantitative estimate of drug-likeness (QED) is 0.608. The van der Waals surface area contributed by atoms with E-state index in [-0.39, 0.29) is 5.91 Å². The number of hydrogen-bond acceptors (Lipinski definition) is 6. The fraction of sp³-hybridized carbons (Fsp3) is 0.190. The second-order valence-electron chi connectivity index (χ2n) is 7.01. The number of fused-ring (bicyclic) bond motifs is 2. The monoisotopic (exact) mass is 457 g/mol. The second kappa shape index (κ2) is 7.30. The number of benzene rings is 1. The highest BCUT2D eigenvalue weighted by atomic mass is 35.5. The lowest BCUT2D eigenvalue weighted by atomic mass is 10.1. The van der Waals surface area contributed by atoms with Crippen LogP contribution in [0.2, 0.25) is 5.02 Å². The predicted octanol–water partition coefficient (Wildman–Crippen LogP) is 4.85. The largest absolute Gasteiger partial charge is 0.497 e. The van der Waals surface area contributed by atoms with Gasteiger partial charge in [-0.15, -0.1) is 23.1 Å². The lowest BCUT2D eigenvalue weighted by Crippen LogP contribution is -2.60.